The first-order valence-electron chi connectivity index (χ1n) is 3.48. The Bertz CT molecular complexity index is 203. The van der Waals surface area contributed by atoms with Crippen molar-refractivity contribution in [2.45, 2.75) is 18.5 Å². The number of hydrogen-bond donors (Lipinski definition) is 2. The Labute approximate surface area is 75.9 Å². The number of hydrogen-bond acceptors (Lipinski definition) is 2. The summed E-state index contributed by atoms with van der Waals surface area (Å²) in [6, 6.07) is 0. The van der Waals surface area contributed by atoms with Crippen LogP contribution in [0.15, 0.2) is 0 Å². The highest BCUT2D eigenvalue weighted by atomic mass is 19.4. The molecule has 0 radical (unpaired) electrons. The third-order valence-electron chi connectivity index (χ3n) is 1.14. The van der Waals surface area contributed by atoms with Crippen LogP contribution in [0.1, 0.15) is 6.42 Å². The molecule has 0 bridgehead atoms. The lowest BCUT2D eigenvalue weighted by Crippen LogP contribution is -2.40. The summed E-state index contributed by atoms with van der Waals surface area (Å²) < 4.78 is 58.9. The highest BCUT2D eigenvalue weighted by Gasteiger charge is 2.33. The van der Waals surface area contributed by atoms with E-state index in [4.69, 9.17) is 5.11 Å². The molecular formula is C6H8F5NO2. The summed E-state index contributed by atoms with van der Waals surface area (Å²) in [7, 11) is 0. The summed E-state index contributed by atoms with van der Waals surface area (Å²) >= 11 is 0. The molecule has 0 aliphatic heterocycles. The summed E-state index contributed by atoms with van der Waals surface area (Å²) in [5.74, 6) is -5.15. The van der Waals surface area contributed by atoms with E-state index in [0.717, 1.165) is 0 Å². The van der Waals surface area contributed by atoms with Crippen LogP contribution in [0.2, 0.25) is 0 Å². The van der Waals surface area contributed by atoms with E-state index in [9.17, 15) is 26.7 Å². The third kappa shape index (κ3) is 6.58. The third-order valence-corrected chi connectivity index (χ3v) is 1.14. The standard InChI is InChI=1S/C6H8F5NO2/c7-5(8,3-13)2-12-4(14)1-6(9,10)11/h13H,1-3H2,(H,12,14). The van der Waals surface area contributed by atoms with Gasteiger partial charge >= 0.3 is 6.18 Å². The fourth-order valence-electron chi connectivity index (χ4n) is 0.528. The summed E-state index contributed by atoms with van der Waals surface area (Å²) in [6.45, 7) is -2.84. The van der Waals surface area contributed by atoms with Crippen LogP contribution in [-0.4, -0.2) is 36.3 Å². The molecule has 0 fully saturated rings. The van der Waals surface area contributed by atoms with Crippen molar-refractivity contribution >= 4 is 5.91 Å². The lowest BCUT2D eigenvalue weighted by molar-refractivity contribution is -0.155. The molecule has 0 aromatic heterocycles. The van der Waals surface area contributed by atoms with Crippen LogP contribution in [0.3, 0.4) is 0 Å². The molecule has 14 heavy (non-hydrogen) atoms. The van der Waals surface area contributed by atoms with Crippen LogP contribution < -0.4 is 5.32 Å². The zero-order valence-electron chi connectivity index (χ0n) is 6.87. The van der Waals surface area contributed by atoms with E-state index in [-0.39, 0.29) is 0 Å². The fraction of sp³-hybridized carbons (Fsp3) is 0.833. The monoisotopic (exact) mass is 221 g/mol. The molecule has 3 nitrogen and oxygen atoms in total. The smallest absolute Gasteiger partial charge is 0.390 e. The second-order valence-corrected chi connectivity index (χ2v) is 2.58. The molecule has 0 aliphatic carbocycles. The second-order valence-electron chi connectivity index (χ2n) is 2.58. The van der Waals surface area contributed by atoms with Crippen molar-refractivity contribution in [1.29, 1.82) is 0 Å². The van der Waals surface area contributed by atoms with Gasteiger partial charge in [0.2, 0.25) is 5.91 Å². The van der Waals surface area contributed by atoms with Gasteiger partial charge in [-0.3, -0.25) is 4.79 Å². The normalized spacial score (nSPS) is 12.7. The number of aliphatic hydroxyl groups excluding tert-OH is 1. The topological polar surface area (TPSA) is 49.3 Å². The van der Waals surface area contributed by atoms with E-state index < -0.39 is 37.6 Å². The highest BCUT2D eigenvalue weighted by Crippen LogP contribution is 2.19. The van der Waals surface area contributed by atoms with Crippen molar-refractivity contribution in [2.24, 2.45) is 0 Å². The van der Waals surface area contributed by atoms with Crippen molar-refractivity contribution < 1.29 is 31.9 Å². The maximum atomic E-state index is 12.2. The minimum Gasteiger partial charge on any atom is -0.390 e. The predicted octanol–water partition coefficient (Wildman–Crippen LogP) is 0.683. The highest BCUT2D eigenvalue weighted by molar-refractivity contribution is 5.76. The van der Waals surface area contributed by atoms with Crippen LogP contribution >= 0.6 is 0 Å². The summed E-state index contributed by atoms with van der Waals surface area (Å²) in [5, 5.41) is 9.38. The van der Waals surface area contributed by atoms with Crippen molar-refractivity contribution in [1.82, 2.24) is 5.32 Å². The zero-order valence-corrected chi connectivity index (χ0v) is 6.87. The van der Waals surface area contributed by atoms with Crippen molar-refractivity contribution in [3.05, 3.63) is 0 Å². The zero-order chi connectivity index (χ0) is 11.4. The first kappa shape index (κ1) is 13.1. The molecule has 84 valence electrons. The van der Waals surface area contributed by atoms with E-state index in [1.165, 1.54) is 5.32 Å². The van der Waals surface area contributed by atoms with Crippen molar-refractivity contribution in [3.8, 4) is 0 Å². The summed E-state index contributed by atoms with van der Waals surface area (Å²) in [4.78, 5) is 10.4. The quantitative estimate of drug-likeness (QED) is 0.686. The van der Waals surface area contributed by atoms with Gasteiger partial charge in [0.25, 0.3) is 5.92 Å². The second kappa shape index (κ2) is 4.54. The van der Waals surface area contributed by atoms with Crippen molar-refractivity contribution in [2.75, 3.05) is 13.2 Å². The molecule has 0 atom stereocenters. The Morgan fingerprint density at radius 3 is 2.07 bits per heavy atom. The lowest BCUT2D eigenvalue weighted by atomic mass is 10.3. The van der Waals surface area contributed by atoms with Gasteiger partial charge in [0.05, 0.1) is 6.54 Å². The number of carbonyl (C=O) groups excluding carboxylic acids is 1. The van der Waals surface area contributed by atoms with E-state index in [1.54, 1.807) is 0 Å². The molecule has 0 aromatic rings. The van der Waals surface area contributed by atoms with Gasteiger partial charge in [-0.1, -0.05) is 0 Å². The van der Waals surface area contributed by atoms with Gasteiger partial charge < -0.3 is 10.4 Å². The number of aliphatic hydroxyl groups is 1. The van der Waals surface area contributed by atoms with Gasteiger partial charge in [-0.25, -0.2) is 8.78 Å². The van der Waals surface area contributed by atoms with Gasteiger partial charge in [0, 0.05) is 0 Å². The Morgan fingerprint density at radius 1 is 1.21 bits per heavy atom. The molecule has 0 saturated carbocycles. The van der Waals surface area contributed by atoms with Gasteiger partial charge in [0.1, 0.15) is 13.0 Å². The Balaban J connectivity index is 3.87. The average molecular weight is 221 g/mol. The Morgan fingerprint density at radius 2 is 1.71 bits per heavy atom. The summed E-state index contributed by atoms with van der Waals surface area (Å²) in [6.07, 6.45) is -6.53. The largest absolute Gasteiger partial charge is 0.397 e. The molecule has 0 aromatic carbocycles. The molecule has 0 aliphatic rings. The SMILES string of the molecule is O=C(CC(F)(F)F)NCC(F)(F)CO. The van der Waals surface area contributed by atoms with E-state index >= 15 is 0 Å². The maximum absolute atomic E-state index is 12.2. The minimum absolute atomic E-state index is 1.31. The van der Waals surface area contributed by atoms with Crippen molar-refractivity contribution in [3.63, 3.8) is 0 Å². The molecule has 0 heterocycles. The van der Waals surface area contributed by atoms with Crippen LogP contribution in [-0.2, 0) is 4.79 Å². The molecular weight excluding hydrogens is 213 g/mol. The van der Waals surface area contributed by atoms with Crippen LogP contribution in [0, 0.1) is 0 Å². The van der Waals surface area contributed by atoms with Gasteiger partial charge in [-0.05, 0) is 0 Å². The van der Waals surface area contributed by atoms with Crippen LogP contribution in [0.25, 0.3) is 0 Å². The molecule has 1 amide bonds. The Kier molecular flexibility index (Phi) is 4.24. The number of halogens is 5. The van der Waals surface area contributed by atoms with Gasteiger partial charge in [0.15, 0.2) is 0 Å². The lowest BCUT2D eigenvalue weighted by Gasteiger charge is -2.14. The van der Waals surface area contributed by atoms with Gasteiger partial charge in [-0.15, -0.1) is 0 Å². The number of amides is 1. The molecule has 2 N–H and O–H groups in total. The summed E-state index contributed by atoms with van der Waals surface area (Å²) in [5.41, 5.74) is 0. The van der Waals surface area contributed by atoms with E-state index in [1.807, 2.05) is 0 Å². The Hall–Kier alpha value is -0.920. The number of alkyl halides is 5. The first-order valence-corrected chi connectivity index (χ1v) is 3.48. The molecule has 0 spiro atoms. The van der Waals surface area contributed by atoms with Gasteiger partial charge in [-0.2, -0.15) is 13.2 Å². The van der Waals surface area contributed by atoms with Crippen LogP contribution in [0.5, 0.6) is 0 Å². The molecule has 0 unspecified atom stereocenters. The molecule has 0 rings (SSSR count). The molecule has 8 heteroatoms. The fourth-order valence-corrected chi connectivity index (χ4v) is 0.528. The predicted molar refractivity (Wildman–Crippen MR) is 35.7 cm³/mol. The van der Waals surface area contributed by atoms with Crippen LogP contribution in [0.4, 0.5) is 22.0 Å². The van der Waals surface area contributed by atoms with E-state index in [0.29, 0.717) is 0 Å². The number of nitrogens with one attached hydrogen (secondary N) is 1. The van der Waals surface area contributed by atoms with E-state index in [2.05, 4.69) is 0 Å². The molecule has 0 saturated heterocycles. The first-order chi connectivity index (χ1) is 6.16. The minimum atomic E-state index is -4.72. The average Bonchev–Trinajstić information content (AvgIpc) is 1.98. The number of carbonyl (C=O) groups is 1. The number of rotatable bonds is 4. The maximum Gasteiger partial charge on any atom is 0.397 e.